The van der Waals surface area contributed by atoms with Crippen LogP contribution in [0, 0.1) is 13.8 Å². The van der Waals surface area contributed by atoms with Crippen LogP contribution in [0.2, 0.25) is 0 Å². The van der Waals surface area contributed by atoms with Crippen LogP contribution < -0.4 is 0 Å². The summed E-state index contributed by atoms with van der Waals surface area (Å²) in [6.45, 7) is 7.72. The van der Waals surface area contributed by atoms with Crippen molar-refractivity contribution in [1.29, 1.82) is 0 Å². The second-order valence-corrected chi connectivity index (χ2v) is 7.85. The number of aromatic amines is 1. The van der Waals surface area contributed by atoms with Crippen molar-refractivity contribution >= 4 is 18.9 Å². The van der Waals surface area contributed by atoms with Gasteiger partial charge in [-0.25, -0.2) is 4.98 Å². The minimum Gasteiger partial charge on any atom is -0.483 e. The van der Waals surface area contributed by atoms with Crippen LogP contribution in [-0.4, -0.2) is 81.1 Å². The molecule has 2 fully saturated rings. The Hall–Kier alpha value is -3.20. The molecule has 2 aliphatic rings. The molecule has 0 bridgehead atoms. The molecule has 3 N–H and O–H groups in total. The number of carbonyl (C=O) groups excluding carboxylic acids is 1. The molecule has 0 spiro atoms. The van der Waals surface area contributed by atoms with Gasteiger partial charge in [0.15, 0.2) is 0 Å². The number of nitrogens with one attached hydrogen (secondary N) is 1. The Morgan fingerprint density at radius 3 is 2.00 bits per heavy atom. The zero-order valence-corrected chi connectivity index (χ0v) is 18.7. The highest BCUT2D eigenvalue weighted by molar-refractivity contribution is 5.94. The lowest BCUT2D eigenvalue weighted by Gasteiger charge is -2.36. The summed E-state index contributed by atoms with van der Waals surface area (Å²) in [4.78, 5) is 42.0. The van der Waals surface area contributed by atoms with Crippen molar-refractivity contribution in [3.63, 3.8) is 0 Å². The Labute approximate surface area is 188 Å². The number of amides is 1. The lowest BCUT2D eigenvalue weighted by molar-refractivity contribution is -0.123. The molecular formula is C23H32N4O5. The van der Waals surface area contributed by atoms with E-state index in [2.05, 4.69) is 14.9 Å². The third-order valence-electron chi connectivity index (χ3n) is 5.82. The number of rotatable bonds is 3. The zero-order chi connectivity index (χ0) is 23.5. The van der Waals surface area contributed by atoms with Crippen molar-refractivity contribution in [3.05, 3.63) is 41.3 Å². The number of piperidine rings is 1. The van der Waals surface area contributed by atoms with Crippen molar-refractivity contribution in [2.24, 2.45) is 0 Å². The van der Waals surface area contributed by atoms with E-state index in [0.717, 1.165) is 54.3 Å². The molecule has 3 heterocycles. The van der Waals surface area contributed by atoms with Crippen LogP contribution in [-0.2, 0) is 9.59 Å². The molecule has 2 saturated heterocycles. The minimum absolute atomic E-state index is 0.159. The number of hydrogen-bond acceptors (Lipinski definition) is 5. The van der Waals surface area contributed by atoms with Crippen LogP contribution >= 0.6 is 0 Å². The van der Waals surface area contributed by atoms with Gasteiger partial charge >= 0.3 is 0 Å². The van der Waals surface area contributed by atoms with E-state index in [1.165, 1.54) is 25.9 Å². The summed E-state index contributed by atoms with van der Waals surface area (Å²) in [6.07, 6.45) is 4.88. The summed E-state index contributed by atoms with van der Waals surface area (Å²) in [6, 6.07) is 8.57. The second-order valence-electron chi connectivity index (χ2n) is 7.85. The van der Waals surface area contributed by atoms with Gasteiger partial charge in [-0.2, -0.15) is 0 Å². The highest BCUT2D eigenvalue weighted by Crippen LogP contribution is 2.24. The molecule has 1 amide bonds. The predicted octanol–water partition coefficient (Wildman–Crippen LogP) is 2.80. The average Bonchev–Trinajstić information content (AvgIpc) is 3.44. The van der Waals surface area contributed by atoms with E-state index in [4.69, 9.17) is 19.8 Å². The summed E-state index contributed by atoms with van der Waals surface area (Å²) in [5.74, 6) is 1.07. The van der Waals surface area contributed by atoms with E-state index in [1.807, 2.05) is 43.0 Å². The number of hydrogen-bond donors (Lipinski definition) is 3. The smallest absolute Gasteiger partial charge is 0.290 e. The summed E-state index contributed by atoms with van der Waals surface area (Å²) < 4.78 is 0. The number of likely N-dealkylation sites (tertiary alicyclic amines) is 2. The van der Waals surface area contributed by atoms with Crippen molar-refractivity contribution in [1.82, 2.24) is 19.8 Å². The molecule has 0 radical (unpaired) electrons. The standard InChI is InChI=1S/C21H28N4O.2CH2O2/c1-15-20(23-16(2)22-15)17-5-7-18(8-6-17)21(26)25-13-9-19(10-14-25)24-11-3-4-12-24;2*2-1-3/h5-8,19H,3-4,9-14H2,1-2H3,(H,22,23);2*1H,(H,2,3). The van der Waals surface area contributed by atoms with E-state index < -0.39 is 0 Å². The lowest BCUT2D eigenvalue weighted by Crippen LogP contribution is -2.45. The third kappa shape index (κ3) is 6.65. The fourth-order valence-corrected chi connectivity index (χ4v) is 4.39. The highest BCUT2D eigenvalue weighted by atomic mass is 16.3. The quantitative estimate of drug-likeness (QED) is 0.621. The van der Waals surface area contributed by atoms with E-state index in [-0.39, 0.29) is 18.9 Å². The summed E-state index contributed by atoms with van der Waals surface area (Å²) in [7, 11) is 0. The fraction of sp³-hybridized carbons (Fsp3) is 0.478. The molecule has 1 aromatic heterocycles. The Morgan fingerprint density at radius 1 is 1.00 bits per heavy atom. The Kier molecular flexibility index (Phi) is 9.87. The predicted molar refractivity (Wildman–Crippen MR) is 121 cm³/mol. The van der Waals surface area contributed by atoms with E-state index in [0.29, 0.717) is 6.04 Å². The molecular weight excluding hydrogens is 412 g/mol. The number of carboxylic acid groups (broad SMARTS) is 2. The maximum atomic E-state index is 12.8. The molecule has 174 valence electrons. The topological polar surface area (TPSA) is 127 Å². The number of imidazole rings is 1. The van der Waals surface area contributed by atoms with Gasteiger partial charge in [0, 0.05) is 36.0 Å². The number of H-pyrrole nitrogens is 1. The molecule has 0 atom stereocenters. The summed E-state index contributed by atoms with van der Waals surface area (Å²) in [5, 5.41) is 13.8. The summed E-state index contributed by atoms with van der Waals surface area (Å²) >= 11 is 0. The molecule has 2 aliphatic heterocycles. The SMILES string of the molecule is Cc1nc(-c2ccc(C(=O)N3CCC(N4CCCC4)CC3)cc2)c(C)[nH]1.O=CO.O=CO. The van der Waals surface area contributed by atoms with Crippen LogP contribution in [0.3, 0.4) is 0 Å². The van der Waals surface area contributed by atoms with Crippen LogP contribution in [0.15, 0.2) is 24.3 Å². The van der Waals surface area contributed by atoms with E-state index in [9.17, 15) is 4.79 Å². The van der Waals surface area contributed by atoms with Gasteiger partial charge in [0.05, 0.1) is 5.69 Å². The molecule has 0 saturated carbocycles. The molecule has 0 aliphatic carbocycles. The van der Waals surface area contributed by atoms with Gasteiger partial charge in [0.2, 0.25) is 0 Å². The Morgan fingerprint density at radius 2 is 1.53 bits per heavy atom. The van der Waals surface area contributed by atoms with Crippen LogP contribution in [0.25, 0.3) is 11.3 Å². The maximum Gasteiger partial charge on any atom is 0.290 e. The van der Waals surface area contributed by atoms with E-state index >= 15 is 0 Å². The largest absolute Gasteiger partial charge is 0.483 e. The number of nitrogens with zero attached hydrogens (tertiary/aromatic N) is 3. The van der Waals surface area contributed by atoms with Crippen LogP contribution in [0.5, 0.6) is 0 Å². The normalized spacial score (nSPS) is 16.4. The Balaban J connectivity index is 0.000000547. The average molecular weight is 445 g/mol. The van der Waals surface area contributed by atoms with E-state index in [1.54, 1.807) is 0 Å². The molecule has 0 unspecified atom stereocenters. The van der Waals surface area contributed by atoms with Gasteiger partial charge in [0.25, 0.3) is 18.9 Å². The van der Waals surface area contributed by atoms with Crippen LogP contribution in [0.4, 0.5) is 0 Å². The lowest BCUT2D eigenvalue weighted by atomic mass is 10.0. The van der Waals surface area contributed by atoms with Gasteiger partial charge in [-0.15, -0.1) is 0 Å². The van der Waals surface area contributed by atoms with Crippen molar-refractivity contribution in [2.75, 3.05) is 26.2 Å². The van der Waals surface area contributed by atoms with Crippen molar-refractivity contribution in [2.45, 2.75) is 45.6 Å². The fourth-order valence-electron chi connectivity index (χ4n) is 4.39. The molecule has 1 aromatic carbocycles. The van der Waals surface area contributed by atoms with Gasteiger partial charge in [-0.05, 0) is 64.8 Å². The van der Waals surface area contributed by atoms with Crippen molar-refractivity contribution < 1.29 is 24.6 Å². The number of carbonyl (C=O) groups is 3. The highest BCUT2D eigenvalue weighted by Gasteiger charge is 2.28. The van der Waals surface area contributed by atoms with Gasteiger partial charge < -0.3 is 25.0 Å². The molecule has 2 aromatic rings. The zero-order valence-electron chi connectivity index (χ0n) is 18.7. The third-order valence-corrected chi connectivity index (χ3v) is 5.82. The molecule has 4 rings (SSSR count). The van der Waals surface area contributed by atoms with Gasteiger partial charge in [0.1, 0.15) is 5.82 Å². The first-order chi connectivity index (χ1) is 15.4. The second kappa shape index (κ2) is 12.6. The molecule has 9 nitrogen and oxygen atoms in total. The molecule has 32 heavy (non-hydrogen) atoms. The van der Waals surface area contributed by atoms with Gasteiger partial charge in [-0.1, -0.05) is 12.1 Å². The number of benzene rings is 1. The monoisotopic (exact) mass is 444 g/mol. The first kappa shape index (κ1) is 25.1. The summed E-state index contributed by atoms with van der Waals surface area (Å²) in [5.41, 5.74) is 3.85. The number of aryl methyl sites for hydroxylation is 2. The van der Waals surface area contributed by atoms with Gasteiger partial charge in [-0.3, -0.25) is 14.4 Å². The minimum atomic E-state index is -0.250. The van der Waals surface area contributed by atoms with Crippen molar-refractivity contribution in [3.8, 4) is 11.3 Å². The first-order valence-corrected chi connectivity index (χ1v) is 10.8. The Bertz CT molecular complexity index is 861. The maximum absolute atomic E-state index is 12.8. The molecule has 9 heteroatoms. The number of aromatic nitrogens is 2. The first-order valence-electron chi connectivity index (χ1n) is 10.8. The van der Waals surface area contributed by atoms with Crippen LogP contribution in [0.1, 0.15) is 47.6 Å².